The summed E-state index contributed by atoms with van der Waals surface area (Å²) in [6.07, 6.45) is 8.72. The lowest BCUT2D eigenvalue weighted by Crippen LogP contribution is -2.64. The van der Waals surface area contributed by atoms with Gasteiger partial charge in [0.15, 0.2) is 0 Å². The maximum absolute atomic E-state index is 12.2. The Morgan fingerprint density at radius 1 is 1.44 bits per heavy atom. The van der Waals surface area contributed by atoms with Crippen LogP contribution in [0.15, 0.2) is 33.8 Å². The number of nitrogens with zero attached hydrogens (tertiary/aromatic N) is 3. The molecule has 1 saturated heterocycles. The van der Waals surface area contributed by atoms with Crippen molar-refractivity contribution in [2.75, 3.05) is 19.7 Å². The van der Waals surface area contributed by atoms with Crippen molar-refractivity contribution < 1.29 is 9.53 Å². The molecule has 1 fully saturated rings. The highest BCUT2D eigenvalue weighted by molar-refractivity contribution is 6.14. The normalized spacial score (nSPS) is 24.4. The zero-order valence-corrected chi connectivity index (χ0v) is 16.9. The number of piperazine rings is 1. The van der Waals surface area contributed by atoms with Gasteiger partial charge in [-0.15, -0.1) is 0 Å². The predicted octanol–water partition coefficient (Wildman–Crippen LogP) is 2.20. The fraction of sp³-hybridized carbons (Fsp3) is 0.650. The summed E-state index contributed by atoms with van der Waals surface area (Å²) in [4.78, 5) is 23.2. The van der Waals surface area contributed by atoms with Crippen molar-refractivity contribution in [1.29, 1.82) is 0 Å². The van der Waals surface area contributed by atoms with Gasteiger partial charge in [0.1, 0.15) is 17.7 Å². The quantitative estimate of drug-likeness (QED) is 0.477. The second-order valence-corrected chi connectivity index (χ2v) is 7.05. The number of aliphatic imine (C=N–C) groups is 2. The number of amides is 1. The SMILES string of the molecule is CC=CC(C)=CC(CC)CN1CC(=O)NC2C(N)=NC(OCCCC)N=C21. The van der Waals surface area contributed by atoms with Crippen molar-refractivity contribution in [1.82, 2.24) is 10.2 Å². The number of hydrogen-bond acceptors (Lipinski definition) is 6. The molecule has 7 nitrogen and oxygen atoms in total. The van der Waals surface area contributed by atoms with Crippen LogP contribution in [0.5, 0.6) is 0 Å². The van der Waals surface area contributed by atoms with Crippen molar-refractivity contribution in [3.63, 3.8) is 0 Å². The number of amidine groups is 2. The van der Waals surface area contributed by atoms with Crippen LogP contribution in [0.2, 0.25) is 0 Å². The summed E-state index contributed by atoms with van der Waals surface area (Å²) in [5.41, 5.74) is 7.34. The van der Waals surface area contributed by atoms with Crippen LogP contribution in [0.1, 0.15) is 47.0 Å². The summed E-state index contributed by atoms with van der Waals surface area (Å²) in [5.74, 6) is 1.36. The van der Waals surface area contributed by atoms with Gasteiger partial charge in [-0.1, -0.05) is 44.1 Å². The molecule has 2 rings (SSSR count). The van der Waals surface area contributed by atoms with Gasteiger partial charge in [0.2, 0.25) is 12.3 Å². The molecule has 0 radical (unpaired) electrons. The molecule has 2 heterocycles. The smallest absolute Gasteiger partial charge is 0.248 e. The molecule has 0 aromatic rings. The third-order valence-electron chi connectivity index (χ3n) is 4.69. The van der Waals surface area contributed by atoms with E-state index in [9.17, 15) is 4.79 Å². The van der Waals surface area contributed by atoms with Crippen LogP contribution in [-0.4, -0.2) is 54.6 Å². The van der Waals surface area contributed by atoms with Gasteiger partial charge in [0, 0.05) is 6.54 Å². The number of fused-ring (bicyclic) bond motifs is 1. The van der Waals surface area contributed by atoms with Crippen molar-refractivity contribution in [3.05, 3.63) is 23.8 Å². The minimum absolute atomic E-state index is 0.0635. The van der Waals surface area contributed by atoms with Crippen LogP contribution in [0.25, 0.3) is 0 Å². The van der Waals surface area contributed by atoms with E-state index in [0.717, 1.165) is 25.1 Å². The molecule has 3 unspecified atom stereocenters. The zero-order valence-electron chi connectivity index (χ0n) is 16.9. The van der Waals surface area contributed by atoms with Gasteiger partial charge < -0.3 is 20.7 Å². The predicted molar refractivity (Wildman–Crippen MR) is 110 cm³/mol. The molecule has 1 amide bonds. The standard InChI is InChI=1S/C20H33N5O2/c1-5-8-10-27-20-23-18(21)17-19(24-20)25(13-16(26)22-17)12-15(7-3)11-14(4)9-6-2/h6,9,11,15,17,20H,5,7-8,10,12-13H2,1-4H3,(H2,21,23)(H,22,26). The molecular formula is C20H33N5O2. The number of hydrogen-bond donors (Lipinski definition) is 2. The largest absolute Gasteiger partial charge is 0.385 e. The van der Waals surface area contributed by atoms with Gasteiger partial charge in [-0.3, -0.25) is 4.79 Å². The Morgan fingerprint density at radius 3 is 2.89 bits per heavy atom. The first-order valence-corrected chi connectivity index (χ1v) is 9.86. The molecule has 7 heteroatoms. The molecule has 2 aliphatic rings. The Morgan fingerprint density at radius 2 is 2.22 bits per heavy atom. The average Bonchev–Trinajstić information content (AvgIpc) is 2.62. The first-order valence-electron chi connectivity index (χ1n) is 9.86. The number of nitrogens with one attached hydrogen (secondary N) is 1. The van der Waals surface area contributed by atoms with Crippen LogP contribution < -0.4 is 11.1 Å². The van der Waals surface area contributed by atoms with Gasteiger partial charge in [-0.05, 0) is 32.6 Å². The van der Waals surface area contributed by atoms with E-state index in [-0.39, 0.29) is 12.5 Å². The molecule has 0 spiro atoms. The number of nitrogens with two attached hydrogens (primary N) is 1. The molecule has 3 atom stereocenters. The molecule has 0 saturated carbocycles. The monoisotopic (exact) mass is 375 g/mol. The number of allylic oxidation sites excluding steroid dienone is 3. The van der Waals surface area contributed by atoms with Crippen molar-refractivity contribution >= 4 is 17.6 Å². The summed E-state index contributed by atoms with van der Waals surface area (Å²) >= 11 is 0. The van der Waals surface area contributed by atoms with Crippen LogP contribution in [-0.2, 0) is 9.53 Å². The fourth-order valence-corrected chi connectivity index (χ4v) is 3.25. The Hall–Kier alpha value is -2.15. The van der Waals surface area contributed by atoms with Gasteiger partial charge >= 0.3 is 0 Å². The van der Waals surface area contributed by atoms with E-state index in [2.05, 4.69) is 48.2 Å². The lowest BCUT2D eigenvalue weighted by Gasteiger charge is -2.39. The Balaban J connectivity index is 2.18. The van der Waals surface area contributed by atoms with Gasteiger partial charge in [-0.2, -0.15) is 0 Å². The Bertz CT molecular complexity index is 638. The van der Waals surface area contributed by atoms with Gasteiger partial charge in [0.05, 0.1) is 13.2 Å². The number of ether oxygens (including phenoxy) is 1. The second-order valence-electron chi connectivity index (χ2n) is 7.05. The highest BCUT2D eigenvalue weighted by atomic mass is 16.5. The highest BCUT2D eigenvalue weighted by Gasteiger charge is 2.37. The van der Waals surface area contributed by atoms with Crippen LogP contribution in [0, 0.1) is 5.92 Å². The molecule has 27 heavy (non-hydrogen) atoms. The van der Waals surface area contributed by atoms with Crippen LogP contribution >= 0.6 is 0 Å². The van der Waals surface area contributed by atoms with E-state index < -0.39 is 12.4 Å². The molecule has 150 valence electrons. The summed E-state index contributed by atoms with van der Waals surface area (Å²) in [5, 5.41) is 2.89. The average molecular weight is 376 g/mol. The van der Waals surface area contributed by atoms with E-state index in [4.69, 9.17) is 10.5 Å². The first kappa shape index (κ1) is 21.2. The highest BCUT2D eigenvalue weighted by Crippen LogP contribution is 2.18. The maximum Gasteiger partial charge on any atom is 0.248 e. The minimum atomic E-state index is -0.624. The van der Waals surface area contributed by atoms with Crippen LogP contribution in [0.3, 0.4) is 0 Å². The number of carbonyl (C=O) groups excluding carboxylic acids is 1. The number of rotatable bonds is 9. The summed E-state index contributed by atoms with van der Waals surface area (Å²) in [7, 11) is 0. The van der Waals surface area contributed by atoms with Gasteiger partial charge in [0.25, 0.3) is 0 Å². The van der Waals surface area contributed by atoms with E-state index >= 15 is 0 Å². The summed E-state index contributed by atoms with van der Waals surface area (Å²) < 4.78 is 5.73. The maximum atomic E-state index is 12.2. The Labute approximate surface area is 162 Å². The van der Waals surface area contributed by atoms with Crippen molar-refractivity contribution in [2.45, 2.75) is 59.4 Å². The van der Waals surface area contributed by atoms with Crippen LogP contribution in [0.4, 0.5) is 0 Å². The van der Waals surface area contributed by atoms with Gasteiger partial charge in [-0.25, -0.2) is 9.98 Å². The van der Waals surface area contributed by atoms with Crippen molar-refractivity contribution in [2.24, 2.45) is 21.6 Å². The molecule has 0 bridgehead atoms. The lowest BCUT2D eigenvalue weighted by atomic mass is 10.0. The number of unbranched alkanes of at least 4 members (excludes halogenated alkanes) is 1. The molecule has 0 aromatic carbocycles. The summed E-state index contributed by atoms with van der Waals surface area (Å²) in [6.45, 7) is 9.94. The zero-order chi connectivity index (χ0) is 19.8. The van der Waals surface area contributed by atoms with E-state index in [1.165, 1.54) is 5.57 Å². The third kappa shape index (κ3) is 5.92. The molecular weight excluding hydrogens is 342 g/mol. The fourth-order valence-electron chi connectivity index (χ4n) is 3.25. The molecule has 0 aromatic heterocycles. The minimum Gasteiger partial charge on any atom is -0.385 e. The van der Waals surface area contributed by atoms with E-state index in [0.29, 0.717) is 24.9 Å². The van der Waals surface area contributed by atoms with E-state index in [1.807, 2.05) is 17.9 Å². The molecule has 2 aliphatic heterocycles. The third-order valence-corrected chi connectivity index (χ3v) is 4.69. The molecule has 3 N–H and O–H groups in total. The molecule has 0 aliphatic carbocycles. The summed E-state index contributed by atoms with van der Waals surface area (Å²) in [6, 6.07) is -0.463. The Kier molecular flexibility index (Phi) is 8.03. The first-order chi connectivity index (χ1) is 13.0. The lowest BCUT2D eigenvalue weighted by molar-refractivity contribution is -0.122. The number of carbonyl (C=O) groups is 1. The van der Waals surface area contributed by atoms with E-state index in [1.54, 1.807) is 0 Å². The van der Waals surface area contributed by atoms with Crippen molar-refractivity contribution in [3.8, 4) is 0 Å². The second kappa shape index (κ2) is 10.3. The topological polar surface area (TPSA) is 92.3 Å².